The summed E-state index contributed by atoms with van der Waals surface area (Å²) in [5, 5.41) is 13.4. The maximum absolute atomic E-state index is 13.8. The number of nitriles is 1. The van der Waals surface area contributed by atoms with Crippen LogP contribution in [0.4, 0.5) is 4.39 Å². The highest BCUT2D eigenvalue weighted by Gasteiger charge is 2.27. The smallest absolute Gasteiger partial charge is 0.187 e. The van der Waals surface area contributed by atoms with Crippen LogP contribution < -0.4 is 0 Å². The zero-order chi connectivity index (χ0) is 14.7. The van der Waals surface area contributed by atoms with Crippen LogP contribution in [0.1, 0.15) is 34.5 Å². The molecule has 20 heavy (non-hydrogen) atoms. The SMILES string of the molecule is CCc1nn(C)cc1C(=O)C(C#N)c1ccccc1F. The number of hydrogen-bond donors (Lipinski definition) is 0. The number of rotatable bonds is 4. The second-order valence-electron chi connectivity index (χ2n) is 4.46. The summed E-state index contributed by atoms with van der Waals surface area (Å²) in [5.74, 6) is -2.11. The highest BCUT2D eigenvalue weighted by atomic mass is 19.1. The van der Waals surface area contributed by atoms with Crippen molar-refractivity contribution < 1.29 is 9.18 Å². The van der Waals surface area contributed by atoms with Crippen molar-refractivity contribution in [1.82, 2.24) is 9.78 Å². The third kappa shape index (κ3) is 2.45. The lowest BCUT2D eigenvalue weighted by Crippen LogP contribution is -2.13. The molecule has 1 aromatic carbocycles. The molecule has 0 fully saturated rings. The Morgan fingerprint density at radius 2 is 2.20 bits per heavy atom. The number of aryl methyl sites for hydroxylation is 2. The van der Waals surface area contributed by atoms with Crippen molar-refractivity contribution in [3.63, 3.8) is 0 Å². The molecule has 4 nitrogen and oxygen atoms in total. The number of nitrogens with zero attached hydrogens (tertiary/aromatic N) is 3. The van der Waals surface area contributed by atoms with Gasteiger partial charge in [0.05, 0.1) is 17.3 Å². The maximum atomic E-state index is 13.8. The van der Waals surface area contributed by atoms with Crippen molar-refractivity contribution >= 4 is 5.78 Å². The topological polar surface area (TPSA) is 58.7 Å². The molecule has 1 heterocycles. The van der Waals surface area contributed by atoms with Gasteiger partial charge in [-0.3, -0.25) is 9.48 Å². The van der Waals surface area contributed by atoms with E-state index in [-0.39, 0.29) is 5.56 Å². The third-order valence-electron chi connectivity index (χ3n) is 3.11. The molecule has 0 amide bonds. The summed E-state index contributed by atoms with van der Waals surface area (Å²) in [7, 11) is 1.71. The Balaban J connectivity index is 2.45. The Morgan fingerprint density at radius 1 is 1.50 bits per heavy atom. The van der Waals surface area contributed by atoms with Gasteiger partial charge in [0.1, 0.15) is 11.7 Å². The van der Waals surface area contributed by atoms with Crippen molar-refractivity contribution in [2.45, 2.75) is 19.3 Å². The van der Waals surface area contributed by atoms with E-state index in [9.17, 15) is 14.4 Å². The van der Waals surface area contributed by atoms with Crippen molar-refractivity contribution in [2.24, 2.45) is 7.05 Å². The van der Waals surface area contributed by atoms with Crippen LogP contribution in [0.3, 0.4) is 0 Å². The van der Waals surface area contributed by atoms with Gasteiger partial charge >= 0.3 is 0 Å². The maximum Gasteiger partial charge on any atom is 0.187 e. The molecule has 5 heteroatoms. The summed E-state index contributed by atoms with van der Waals surface area (Å²) >= 11 is 0. The predicted octanol–water partition coefficient (Wildman–Crippen LogP) is 2.61. The molecule has 2 rings (SSSR count). The number of ketones is 1. The Kier molecular flexibility index (Phi) is 3.94. The summed E-state index contributed by atoms with van der Waals surface area (Å²) in [6.07, 6.45) is 2.16. The van der Waals surface area contributed by atoms with E-state index < -0.39 is 17.5 Å². The minimum atomic E-state index is -1.15. The summed E-state index contributed by atoms with van der Waals surface area (Å²) < 4.78 is 15.3. The van der Waals surface area contributed by atoms with E-state index in [1.165, 1.54) is 22.9 Å². The second kappa shape index (κ2) is 5.66. The zero-order valence-corrected chi connectivity index (χ0v) is 11.3. The lowest BCUT2D eigenvalue weighted by Gasteiger charge is -2.09. The highest BCUT2D eigenvalue weighted by Crippen LogP contribution is 2.24. The van der Waals surface area contributed by atoms with Gasteiger partial charge < -0.3 is 0 Å². The van der Waals surface area contributed by atoms with Crippen molar-refractivity contribution in [2.75, 3.05) is 0 Å². The zero-order valence-electron chi connectivity index (χ0n) is 11.3. The first-order valence-electron chi connectivity index (χ1n) is 6.29. The summed E-state index contributed by atoms with van der Waals surface area (Å²) in [6, 6.07) is 7.74. The fourth-order valence-electron chi connectivity index (χ4n) is 2.14. The fourth-order valence-corrected chi connectivity index (χ4v) is 2.14. The van der Waals surface area contributed by atoms with Crippen LogP contribution in [-0.2, 0) is 13.5 Å². The minimum Gasteiger partial charge on any atom is -0.292 e. The van der Waals surface area contributed by atoms with E-state index in [0.717, 1.165) is 0 Å². The van der Waals surface area contributed by atoms with Gasteiger partial charge in [-0.2, -0.15) is 10.4 Å². The normalized spacial score (nSPS) is 11.9. The number of aromatic nitrogens is 2. The van der Waals surface area contributed by atoms with Gasteiger partial charge in [-0.25, -0.2) is 4.39 Å². The summed E-state index contributed by atoms with van der Waals surface area (Å²) in [4.78, 5) is 12.5. The van der Waals surface area contributed by atoms with Crippen LogP contribution in [0.25, 0.3) is 0 Å². The average molecular weight is 271 g/mol. The molecule has 0 aliphatic heterocycles. The monoisotopic (exact) mass is 271 g/mol. The van der Waals surface area contributed by atoms with Crippen LogP contribution in [0.5, 0.6) is 0 Å². The Labute approximate surface area is 116 Å². The molecule has 1 atom stereocenters. The first-order valence-corrected chi connectivity index (χ1v) is 6.29. The van der Waals surface area contributed by atoms with Gasteiger partial charge in [-0.15, -0.1) is 0 Å². The molecule has 0 saturated heterocycles. The minimum absolute atomic E-state index is 0.103. The summed E-state index contributed by atoms with van der Waals surface area (Å²) in [5.41, 5.74) is 1.10. The lowest BCUT2D eigenvalue weighted by atomic mass is 9.91. The lowest BCUT2D eigenvalue weighted by molar-refractivity contribution is 0.0976. The van der Waals surface area contributed by atoms with E-state index >= 15 is 0 Å². The van der Waals surface area contributed by atoms with Crippen molar-refractivity contribution in [3.05, 3.63) is 53.1 Å². The molecule has 0 bridgehead atoms. The van der Waals surface area contributed by atoms with Crippen LogP contribution >= 0.6 is 0 Å². The third-order valence-corrected chi connectivity index (χ3v) is 3.11. The number of hydrogen-bond acceptors (Lipinski definition) is 3. The van der Waals surface area contributed by atoms with Crippen molar-refractivity contribution in [1.29, 1.82) is 5.26 Å². The van der Waals surface area contributed by atoms with Crippen LogP contribution in [0.2, 0.25) is 0 Å². The molecule has 0 N–H and O–H groups in total. The molecular weight excluding hydrogens is 257 g/mol. The molecule has 1 unspecified atom stereocenters. The number of benzene rings is 1. The predicted molar refractivity (Wildman–Crippen MR) is 71.7 cm³/mol. The molecule has 102 valence electrons. The molecule has 1 aromatic heterocycles. The Morgan fingerprint density at radius 3 is 2.80 bits per heavy atom. The van der Waals surface area contributed by atoms with Gasteiger partial charge in [-0.1, -0.05) is 25.1 Å². The largest absolute Gasteiger partial charge is 0.292 e. The first kappa shape index (κ1) is 13.9. The van der Waals surface area contributed by atoms with Gasteiger partial charge in [0.25, 0.3) is 0 Å². The Bertz CT molecular complexity index is 685. The van der Waals surface area contributed by atoms with E-state index in [1.807, 2.05) is 13.0 Å². The van der Waals surface area contributed by atoms with Gasteiger partial charge in [0.2, 0.25) is 0 Å². The van der Waals surface area contributed by atoms with E-state index in [4.69, 9.17) is 0 Å². The van der Waals surface area contributed by atoms with Gasteiger partial charge in [0.15, 0.2) is 5.78 Å². The first-order chi connectivity index (χ1) is 9.58. The van der Waals surface area contributed by atoms with Crippen LogP contribution in [-0.4, -0.2) is 15.6 Å². The van der Waals surface area contributed by atoms with E-state index in [2.05, 4.69) is 5.10 Å². The van der Waals surface area contributed by atoms with Gasteiger partial charge in [0, 0.05) is 18.8 Å². The molecule has 2 aromatic rings. The average Bonchev–Trinajstić information content (AvgIpc) is 2.82. The standard InChI is InChI=1S/C15H14FN3O/c1-3-14-12(9-19(2)18-14)15(20)11(8-17)10-6-4-5-7-13(10)16/h4-7,9,11H,3H2,1-2H3. The Hall–Kier alpha value is -2.48. The molecule has 0 saturated carbocycles. The summed E-state index contributed by atoms with van der Waals surface area (Å²) in [6.45, 7) is 1.88. The van der Waals surface area contributed by atoms with Crippen molar-refractivity contribution in [3.8, 4) is 6.07 Å². The quantitative estimate of drug-likeness (QED) is 0.803. The number of carbonyl (C=O) groups excluding carboxylic acids is 1. The number of Topliss-reactive ketones (excluding diaryl/α,β-unsaturated/α-hetero) is 1. The molecule has 0 spiro atoms. The second-order valence-corrected chi connectivity index (χ2v) is 4.46. The molecule has 0 radical (unpaired) electrons. The highest BCUT2D eigenvalue weighted by molar-refractivity contribution is 6.03. The van der Waals surface area contributed by atoms with Crippen LogP contribution in [0, 0.1) is 17.1 Å². The van der Waals surface area contributed by atoms with Crippen LogP contribution in [0.15, 0.2) is 30.5 Å². The molecular formula is C15H14FN3O. The number of carbonyl (C=O) groups is 1. The molecule has 0 aliphatic carbocycles. The van der Waals surface area contributed by atoms with E-state index in [1.54, 1.807) is 19.3 Å². The fraction of sp³-hybridized carbons (Fsp3) is 0.267. The number of halogens is 1. The van der Waals surface area contributed by atoms with Gasteiger partial charge in [-0.05, 0) is 12.5 Å². The molecule has 0 aliphatic rings. The van der Waals surface area contributed by atoms with E-state index in [0.29, 0.717) is 17.7 Å².